The van der Waals surface area contributed by atoms with Gasteiger partial charge in [-0.2, -0.15) is 0 Å². The third-order valence-electron chi connectivity index (χ3n) is 2.93. The largest absolute Gasteiger partial charge is 0.480 e. The second-order valence-corrected chi connectivity index (χ2v) is 6.11. The Balaban J connectivity index is 2.23. The first-order valence-corrected chi connectivity index (χ1v) is 7.71. The predicted molar refractivity (Wildman–Crippen MR) is 81.9 cm³/mol. The van der Waals surface area contributed by atoms with Gasteiger partial charge in [0.2, 0.25) is 5.91 Å². The lowest BCUT2D eigenvalue weighted by Gasteiger charge is -2.14. The lowest BCUT2D eigenvalue weighted by molar-refractivity contribution is -0.136. The number of carboxylic acids is 1. The fourth-order valence-electron chi connectivity index (χ4n) is 1.69. The number of carboxylic acid groups (broad SMARTS) is 1. The van der Waals surface area contributed by atoms with Crippen LogP contribution in [0.1, 0.15) is 25.8 Å². The number of nitrogens with one attached hydrogen (secondary N) is 1. The van der Waals surface area contributed by atoms with Gasteiger partial charge in [0.15, 0.2) is 0 Å². The Hall–Kier alpha value is -1.49. The third kappa shape index (κ3) is 6.61. The molecule has 0 saturated carbocycles. The molecule has 0 aliphatic heterocycles. The van der Waals surface area contributed by atoms with Crippen molar-refractivity contribution in [2.45, 2.75) is 38.0 Å². The number of hydrogen-bond donors (Lipinski definition) is 2. The highest BCUT2D eigenvalue weighted by Gasteiger charge is 2.14. The van der Waals surface area contributed by atoms with Gasteiger partial charge in [0.25, 0.3) is 0 Å². The van der Waals surface area contributed by atoms with Gasteiger partial charge in [0.05, 0.1) is 11.0 Å². The van der Waals surface area contributed by atoms with E-state index in [-0.39, 0.29) is 17.7 Å². The molecule has 2 atom stereocenters. The summed E-state index contributed by atoms with van der Waals surface area (Å²) >= 11 is 1.14. The molecule has 0 unspecified atom stereocenters. The zero-order valence-corrected chi connectivity index (χ0v) is 12.7. The average Bonchev–Trinajstić information content (AvgIpc) is 2.43. The Bertz CT molecular complexity index is 436. The summed E-state index contributed by atoms with van der Waals surface area (Å²) in [7, 11) is 0. The Morgan fingerprint density at radius 2 is 1.90 bits per heavy atom. The SMILES string of the molecule is C[C@H](SCC(=O)N[C@@H](C)CCc1ccccc1)C(=O)O. The Labute approximate surface area is 124 Å². The van der Waals surface area contributed by atoms with Crippen molar-refractivity contribution in [2.24, 2.45) is 0 Å². The standard InChI is InChI=1S/C15H21NO3S/c1-11(8-9-13-6-4-3-5-7-13)16-14(17)10-20-12(2)15(18)19/h3-7,11-12H,8-10H2,1-2H3,(H,16,17)(H,18,19)/t11-,12-/m0/s1. The lowest BCUT2D eigenvalue weighted by Crippen LogP contribution is -2.34. The number of hydrogen-bond acceptors (Lipinski definition) is 3. The van der Waals surface area contributed by atoms with Crippen molar-refractivity contribution in [1.82, 2.24) is 5.32 Å². The van der Waals surface area contributed by atoms with Crippen LogP contribution in [0.4, 0.5) is 0 Å². The maximum atomic E-state index is 11.7. The summed E-state index contributed by atoms with van der Waals surface area (Å²) < 4.78 is 0. The number of aryl methyl sites for hydroxylation is 1. The number of thioether (sulfide) groups is 1. The van der Waals surface area contributed by atoms with Crippen molar-refractivity contribution in [3.63, 3.8) is 0 Å². The molecule has 4 nitrogen and oxygen atoms in total. The molecule has 20 heavy (non-hydrogen) atoms. The van der Waals surface area contributed by atoms with Gasteiger partial charge < -0.3 is 10.4 Å². The van der Waals surface area contributed by atoms with Crippen molar-refractivity contribution in [3.05, 3.63) is 35.9 Å². The van der Waals surface area contributed by atoms with E-state index in [1.54, 1.807) is 6.92 Å². The summed E-state index contributed by atoms with van der Waals surface area (Å²) in [4.78, 5) is 22.3. The minimum absolute atomic E-state index is 0.0865. The van der Waals surface area contributed by atoms with Crippen LogP contribution >= 0.6 is 11.8 Å². The van der Waals surface area contributed by atoms with Gasteiger partial charge in [-0.05, 0) is 32.3 Å². The van der Waals surface area contributed by atoms with Gasteiger partial charge in [-0.25, -0.2) is 0 Å². The van der Waals surface area contributed by atoms with Crippen LogP contribution in [-0.2, 0) is 16.0 Å². The molecule has 0 saturated heterocycles. The molecule has 1 amide bonds. The molecule has 1 aromatic carbocycles. The molecule has 0 spiro atoms. The maximum absolute atomic E-state index is 11.7. The molecule has 0 fully saturated rings. The molecule has 5 heteroatoms. The first-order chi connectivity index (χ1) is 9.49. The highest BCUT2D eigenvalue weighted by Crippen LogP contribution is 2.10. The molecule has 0 bridgehead atoms. The van der Waals surface area contributed by atoms with Crippen molar-refractivity contribution < 1.29 is 14.7 Å². The zero-order chi connectivity index (χ0) is 15.0. The fraction of sp³-hybridized carbons (Fsp3) is 0.467. The normalized spacial score (nSPS) is 13.5. The molecule has 0 radical (unpaired) electrons. The number of carbonyl (C=O) groups is 2. The summed E-state index contributed by atoms with van der Waals surface area (Å²) in [5.74, 6) is -0.813. The molecular weight excluding hydrogens is 274 g/mol. The third-order valence-corrected chi connectivity index (χ3v) is 4.06. The molecule has 1 aromatic rings. The summed E-state index contributed by atoms with van der Waals surface area (Å²) in [6.45, 7) is 3.55. The smallest absolute Gasteiger partial charge is 0.316 e. The van der Waals surface area contributed by atoms with E-state index >= 15 is 0 Å². The van der Waals surface area contributed by atoms with Crippen molar-refractivity contribution in [3.8, 4) is 0 Å². The van der Waals surface area contributed by atoms with E-state index in [0.29, 0.717) is 0 Å². The average molecular weight is 295 g/mol. The maximum Gasteiger partial charge on any atom is 0.316 e. The van der Waals surface area contributed by atoms with E-state index in [1.807, 2.05) is 25.1 Å². The van der Waals surface area contributed by atoms with E-state index in [4.69, 9.17) is 5.11 Å². The predicted octanol–water partition coefficient (Wildman–Crippen LogP) is 2.33. The molecule has 0 aliphatic rings. The minimum Gasteiger partial charge on any atom is -0.480 e. The van der Waals surface area contributed by atoms with Crippen molar-refractivity contribution >= 4 is 23.6 Å². The van der Waals surface area contributed by atoms with E-state index in [2.05, 4.69) is 17.4 Å². The Kier molecular flexibility index (Phi) is 7.15. The number of benzene rings is 1. The Morgan fingerprint density at radius 1 is 1.25 bits per heavy atom. The van der Waals surface area contributed by atoms with Crippen LogP contribution in [0.5, 0.6) is 0 Å². The monoisotopic (exact) mass is 295 g/mol. The highest BCUT2D eigenvalue weighted by atomic mass is 32.2. The quantitative estimate of drug-likeness (QED) is 0.772. The van der Waals surface area contributed by atoms with Crippen molar-refractivity contribution in [1.29, 1.82) is 0 Å². The molecule has 0 aliphatic carbocycles. The van der Waals surface area contributed by atoms with Crippen LogP contribution in [0.3, 0.4) is 0 Å². The number of amides is 1. The summed E-state index contributed by atoms with van der Waals surface area (Å²) in [6.07, 6.45) is 1.79. The molecule has 0 aromatic heterocycles. The number of rotatable bonds is 8. The van der Waals surface area contributed by atoms with Crippen LogP contribution in [-0.4, -0.2) is 34.0 Å². The number of aliphatic carboxylic acids is 1. The highest BCUT2D eigenvalue weighted by molar-refractivity contribution is 8.01. The van der Waals surface area contributed by atoms with Gasteiger partial charge in [-0.3, -0.25) is 9.59 Å². The second kappa shape index (κ2) is 8.64. The molecule has 0 heterocycles. The van der Waals surface area contributed by atoms with E-state index in [1.165, 1.54) is 5.56 Å². The van der Waals surface area contributed by atoms with Gasteiger partial charge >= 0.3 is 5.97 Å². The first kappa shape index (κ1) is 16.6. The fourth-order valence-corrected chi connectivity index (χ4v) is 2.32. The van der Waals surface area contributed by atoms with Crippen LogP contribution in [0, 0.1) is 0 Å². The molecule has 2 N–H and O–H groups in total. The lowest BCUT2D eigenvalue weighted by atomic mass is 10.1. The van der Waals surface area contributed by atoms with Crippen LogP contribution in [0.2, 0.25) is 0 Å². The van der Waals surface area contributed by atoms with E-state index in [9.17, 15) is 9.59 Å². The summed E-state index contributed by atoms with van der Waals surface area (Å²) in [5, 5.41) is 11.1. The van der Waals surface area contributed by atoms with Gasteiger partial charge in [-0.1, -0.05) is 30.3 Å². The van der Waals surface area contributed by atoms with Crippen LogP contribution in [0.25, 0.3) is 0 Å². The van der Waals surface area contributed by atoms with Crippen LogP contribution < -0.4 is 5.32 Å². The zero-order valence-electron chi connectivity index (χ0n) is 11.8. The number of carbonyl (C=O) groups excluding carboxylic acids is 1. The van der Waals surface area contributed by atoms with Crippen molar-refractivity contribution in [2.75, 3.05) is 5.75 Å². The van der Waals surface area contributed by atoms with Gasteiger partial charge in [0, 0.05) is 6.04 Å². The minimum atomic E-state index is -0.889. The van der Waals surface area contributed by atoms with Gasteiger partial charge in [-0.15, -0.1) is 11.8 Å². The first-order valence-electron chi connectivity index (χ1n) is 6.66. The topological polar surface area (TPSA) is 66.4 Å². The molecule has 110 valence electrons. The second-order valence-electron chi connectivity index (χ2n) is 4.78. The Morgan fingerprint density at radius 3 is 2.50 bits per heavy atom. The molecule has 1 rings (SSSR count). The van der Waals surface area contributed by atoms with Gasteiger partial charge in [0.1, 0.15) is 0 Å². The van der Waals surface area contributed by atoms with E-state index in [0.717, 1.165) is 24.6 Å². The van der Waals surface area contributed by atoms with Crippen LogP contribution in [0.15, 0.2) is 30.3 Å². The summed E-state index contributed by atoms with van der Waals surface area (Å²) in [6, 6.07) is 10.2. The summed E-state index contributed by atoms with van der Waals surface area (Å²) in [5.41, 5.74) is 1.25. The molecular formula is C15H21NO3S. The van der Waals surface area contributed by atoms with E-state index < -0.39 is 11.2 Å².